The Balaban J connectivity index is 0.00000323. The monoisotopic (exact) mass is 706 g/mol. The summed E-state index contributed by atoms with van der Waals surface area (Å²) in [5, 5.41) is 15.6. The van der Waals surface area contributed by atoms with Crippen molar-refractivity contribution in [3.8, 4) is 34.2 Å². The maximum Gasteiger partial charge on any atom is 2.00 e. The smallest absolute Gasteiger partial charge is 0.507 e. The first-order chi connectivity index (χ1) is 18.9. The van der Waals surface area contributed by atoms with Crippen LogP contribution in [0.15, 0.2) is 91.3 Å². The van der Waals surface area contributed by atoms with Gasteiger partial charge in [0.2, 0.25) is 0 Å². The fraction of sp³-hybridized carbons (Fsp3) is 0.121. The predicted molar refractivity (Wildman–Crippen MR) is 157 cm³/mol. The fourth-order valence-electron chi connectivity index (χ4n) is 5.14. The molecule has 0 fully saturated rings. The first-order valence-corrected chi connectivity index (χ1v) is 12.9. The molecule has 1 aromatic heterocycles. The van der Waals surface area contributed by atoms with Crippen molar-refractivity contribution in [3.63, 3.8) is 0 Å². The number of aromatic nitrogens is 3. The van der Waals surface area contributed by atoms with Crippen LogP contribution in [0.25, 0.3) is 28.5 Å². The molecule has 1 N–H and O–H groups in total. The van der Waals surface area contributed by atoms with Gasteiger partial charge in [0.05, 0.1) is 17.1 Å². The second-order valence-corrected chi connectivity index (χ2v) is 9.85. The van der Waals surface area contributed by atoms with Crippen LogP contribution in [-0.2, 0) is 21.1 Å². The number of rotatable bonds is 5. The van der Waals surface area contributed by atoms with E-state index in [9.17, 15) is 5.11 Å². The van der Waals surface area contributed by atoms with E-state index < -0.39 is 0 Å². The molecule has 4 aromatic carbocycles. The van der Waals surface area contributed by atoms with E-state index in [2.05, 4.69) is 81.9 Å². The quantitative estimate of drug-likeness (QED) is 0.195. The third-order valence-electron chi connectivity index (χ3n) is 7.04. The van der Waals surface area contributed by atoms with E-state index in [1.54, 1.807) is 12.1 Å². The molecule has 40 heavy (non-hydrogen) atoms. The van der Waals surface area contributed by atoms with Gasteiger partial charge in [-0.2, -0.15) is 5.10 Å². The van der Waals surface area contributed by atoms with Gasteiger partial charge >= 0.3 is 21.1 Å². The van der Waals surface area contributed by atoms with Gasteiger partial charge in [-0.1, -0.05) is 54.2 Å². The van der Waals surface area contributed by atoms with Crippen LogP contribution in [0.2, 0.25) is 0 Å². The van der Waals surface area contributed by atoms with Crippen LogP contribution in [-0.4, -0.2) is 19.9 Å². The molecular formula is C33H29N5OPt. The van der Waals surface area contributed by atoms with Crippen LogP contribution in [0, 0.1) is 40.4 Å². The molecule has 0 amide bonds. The average molecular weight is 707 g/mol. The Morgan fingerprint density at radius 2 is 1.30 bits per heavy atom. The van der Waals surface area contributed by atoms with Crippen molar-refractivity contribution in [2.75, 3.05) is 9.80 Å². The molecule has 0 atom stereocenters. The van der Waals surface area contributed by atoms with Crippen molar-refractivity contribution in [3.05, 3.63) is 126 Å². The first-order valence-electron chi connectivity index (χ1n) is 12.9. The summed E-state index contributed by atoms with van der Waals surface area (Å²) in [6.45, 7) is 10.4. The van der Waals surface area contributed by atoms with Gasteiger partial charge in [-0.05, 0) is 74.5 Å². The Hall–Kier alpha value is -4.15. The van der Waals surface area contributed by atoms with Gasteiger partial charge in [-0.15, -0.1) is 36.5 Å². The number of phenols is 1. The average Bonchev–Trinajstić information content (AvgIpc) is 3.57. The molecular weight excluding hydrogens is 677 g/mol. The Labute approximate surface area is 249 Å². The summed E-state index contributed by atoms with van der Waals surface area (Å²) < 4.78 is 1.83. The molecule has 0 bridgehead atoms. The van der Waals surface area contributed by atoms with Crippen molar-refractivity contribution >= 4 is 11.4 Å². The van der Waals surface area contributed by atoms with Crippen LogP contribution in [0.3, 0.4) is 0 Å². The van der Waals surface area contributed by atoms with Crippen LogP contribution in [0.4, 0.5) is 11.4 Å². The minimum absolute atomic E-state index is 0. The van der Waals surface area contributed by atoms with Crippen LogP contribution in [0.5, 0.6) is 5.75 Å². The number of benzene rings is 4. The molecule has 0 unspecified atom stereocenters. The third-order valence-corrected chi connectivity index (χ3v) is 7.04. The molecule has 6 rings (SSSR count). The Morgan fingerprint density at radius 3 is 1.98 bits per heavy atom. The van der Waals surface area contributed by atoms with Gasteiger partial charge < -0.3 is 14.9 Å². The molecule has 2 heterocycles. The van der Waals surface area contributed by atoms with Crippen LogP contribution < -0.4 is 9.80 Å². The second-order valence-electron chi connectivity index (χ2n) is 9.85. The number of para-hydroxylation sites is 3. The number of hydrogen-bond acceptors (Lipinski definition) is 5. The summed E-state index contributed by atoms with van der Waals surface area (Å²) in [6, 6.07) is 29.2. The molecule has 202 valence electrons. The Bertz CT molecular complexity index is 1680. The zero-order chi connectivity index (χ0) is 27.1. The number of hydrogen-bond donors (Lipinski definition) is 1. The number of anilines is 2. The van der Waals surface area contributed by atoms with Crippen LogP contribution >= 0.6 is 0 Å². The van der Waals surface area contributed by atoms with E-state index in [0.29, 0.717) is 17.2 Å². The van der Waals surface area contributed by atoms with E-state index in [1.807, 2.05) is 52.2 Å². The van der Waals surface area contributed by atoms with E-state index >= 15 is 0 Å². The molecule has 7 heteroatoms. The number of aryl methyl sites for hydroxylation is 4. The van der Waals surface area contributed by atoms with Crippen molar-refractivity contribution in [2.24, 2.45) is 0 Å². The largest absolute Gasteiger partial charge is 2.00 e. The molecule has 0 spiro atoms. The zero-order valence-electron chi connectivity index (χ0n) is 22.7. The number of phenolic OH excluding ortho intramolecular Hbond substituents is 1. The standard InChI is InChI=1S/C33H29N5O.Pt/c1-22-10-7-11-23(2)30(22)37-19-18-36(21-37)27-15-9-14-26(20-27)32-34-33(28-16-5-6-17-29(28)39)38(35-32)31-24(3)12-8-13-25(31)4;/h5-19,21,39H,1-4H3;/q-2;+2. The summed E-state index contributed by atoms with van der Waals surface area (Å²) in [6.07, 6.45) is 4.08. The zero-order valence-corrected chi connectivity index (χ0v) is 25.0. The van der Waals surface area contributed by atoms with E-state index in [1.165, 1.54) is 16.8 Å². The van der Waals surface area contributed by atoms with Crippen molar-refractivity contribution < 1.29 is 26.2 Å². The Morgan fingerprint density at radius 1 is 0.700 bits per heavy atom. The fourth-order valence-corrected chi connectivity index (χ4v) is 5.14. The molecule has 6 nitrogen and oxygen atoms in total. The minimum atomic E-state index is 0. The molecule has 0 aliphatic carbocycles. The predicted octanol–water partition coefficient (Wildman–Crippen LogP) is 7.26. The molecule has 1 aliphatic heterocycles. The van der Waals surface area contributed by atoms with E-state index in [4.69, 9.17) is 10.1 Å². The molecule has 1 aliphatic rings. The SMILES string of the molecule is Cc1cccc(C)c1N1C=CN(c2[c-]c(-c3nc(-c4ccccc4O)n(-c4c(C)cccc4C)n3)ccc2)[CH-]1.[Pt+2]. The summed E-state index contributed by atoms with van der Waals surface area (Å²) in [5.41, 5.74) is 8.97. The van der Waals surface area contributed by atoms with Gasteiger partial charge in [0.1, 0.15) is 5.75 Å². The van der Waals surface area contributed by atoms with Crippen molar-refractivity contribution in [2.45, 2.75) is 27.7 Å². The van der Waals surface area contributed by atoms with Gasteiger partial charge in [0, 0.05) is 5.69 Å². The maximum atomic E-state index is 10.7. The van der Waals surface area contributed by atoms with Gasteiger partial charge in [-0.25, -0.2) is 4.68 Å². The number of nitrogens with zero attached hydrogens (tertiary/aromatic N) is 5. The molecule has 5 aromatic rings. The Kier molecular flexibility index (Phi) is 7.64. The summed E-state index contributed by atoms with van der Waals surface area (Å²) in [7, 11) is 0. The summed E-state index contributed by atoms with van der Waals surface area (Å²) >= 11 is 0. The van der Waals surface area contributed by atoms with Gasteiger partial charge in [0.25, 0.3) is 0 Å². The van der Waals surface area contributed by atoms with E-state index in [0.717, 1.165) is 28.1 Å². The summed E-state index contributed by atoms with van der Waals surface area (Å²) in [5.74, 6) is 1.27. The maximum absolute atomic E-state index is 10.7. The van der Waals surface area contributed by atoms with Crippen LogP contribution in [0.1, 0.15) is 22.3 Å². The van der Waals surface area contributed by atoms with Gasteiger partial charge in [0.15, 0.2) is 5.82 Å². The van der Waals surface area contributed by atoms with E-state index in [-0.39, 0.29) is 26.8 Å². The third kappa shape index (κ3) is 4.96. The molecule has 0 radical (unpaired) electrons. The molecule has 0 saturated heterocycles. The first kappa shape index (κ1) is 27.4. The minimum Gasteiger partial charge on any atom is -0.507 e. The second kappa shape index (κ2) is 11.1. The van der Waals surface area contributed by atoms with Crippen molar-refractivity contribution in [1.82, 2.24) is 14.8 Å². The van der Waals surface area contributed by atoms with Crippen molar-refractivity contribution in [1.29, 1.82) is 0 Å². The summed E-state index contributed by atoms with van der Waals surface area (Å²) in [4.78, 5) is 9.10. The van der Waals surface area contributed by atoms with Gasteiger partial charge in [-0.3, -0.25) is 4.98 Å². The molecule has 0 saturated carbocycles. The number of aromatic hydroxyl groups is 1. The normalized spacial score (nSPS) is 12.6. The topological polar surface area (TPSA) is 57.4 Å².